The van der Waals surface area contributed by atoms with Crippen LogP contribution in [0.15, 0.2) is 46.9 Å². The number of hydrogen-bond donors (Lipinski definition) is 2. The molecule has 154 valence electrons. The quantitative estimate of drug-likeness (QED) is 0.758. The highest BCUT2D eigenvalue weighted by Crippen LogP contribution is 2.24. The maximum Gasteiger partial charge on any atom is 0.287 e. The normalized spacial score (nSPS) is 16.4. The molecule has 0 radical (unpaired) electrons. The van der Waals surface area contributed by atoms with Crippen LogP contribution in [0.1, 0.15) is 67.5 Å². The summed E-state index contributed by atoms with van der Waals surface area (Å²) in [7, 11) is 0. The summed E-state index contributed by atoms with van der Waals surface area (Å²) in [6.45, 7) is 5.82. The molecule has 0 bridgehead atoms. The number of furan rings is 1. The molecule has 1 aliphatic rings. The number of likely N-dealkylation sites (tertiary alicyclic amines) is 1. The van der Waals surface area contributed by atoms with Crippen molar-refractivity contribution in [3.8, 4) is 11.8 Å². The third kappa shape index (κ3) is 6.49. The maximum absolute atomic E-state index is 12.6. The van der Waals surface area contributed by atoms with E-state index in [1.165, 1.54) is 31.2 Å². The number of nitrogens with zero attached hydrogens (tertiary/aromatic N) is 1. The maximum atomic E-state index is 12.6. The van der Waals surface area contributed by atoms with Gasteiger partial charge in [0.25, 0.3) is 5.91 Å². The van der Waals surface area contributed by atoms with Gasteiger partial charge in [-0.05, 0) is 63.4 Å². The van der Waals surface area contributed by atoms with Gasteiger partial charge in [0.2, 0.25) is 0 Å². The monoisotopic (exact) mass is 394 g/mol. The molecule has 5 heteroatoms. The molecule has 0 saturated carbocycles. The first-order valence-electron chi connectivity index (χ1n) is 10.3. The van der Waals surface area contributed by atoms with Crippen molar-refractivity contribution in [1.29, 1.82) is 0 Å². The number of nitrogens with one attached hydrogen (secondary N) is 1. The van der Waals surface area contributed by atoms with Crippen molar-refractivity contribution in [2.75, 3.05) is 19.6 Å². The molecule has 1 aromatic heterocycles. The molecule has 1 atom stereocenters. The van der Waals surface area contributed by atoms with Crippen LogP contribution in [0.3, 0.4) is 0 Å². The Kier molecular flexibility index (Phi) is 7.13. The summed E-state index contributed by atoms with van der Waals surface area (Å²) in [4.78, 5) is 15.1. The van der Waals surface area contributed by atoms with E-state index >= 15 is 0 Å². The van der Waals surface area contributed by atoms with Crippen molar-refractivity contribution in [3.63, 3.8) is 0 Å². The van der Waals surface area contributed by atoms with Crippen LogP contribution in [-0.4, -0.2) is 41.1 Å². The molecule has 2 aromatic rings. The average molecular weight is 395 g/mol. The fraction of sp³-hybridized carbons (Fsp3) is 0.458. The van der Waals surface area contributed by atoms with Crippen LogP contribution in [0.2, 0.25) is 0 Å². The molecule has 0 spiro atoms. The third-order valence-corrected chi connectivity index (χ3v) is 5.04. The van der Waals surface area contributed by atoms with Crippen LogP contribution in [0, 0.1) is 11.8 Å². The molecular weight excluding hydrogens is 364 g/mol. The average Bonchev–Trinajstić information content (AvgIpc) is 3.02. The van der Waals surface area contributed by atoms with Gasteiger partial charge in [-0.2, -0.15) is 0 Å². The zero-order chi connectivity index (χ0) is 20.7. The largest absolute Gasteiger partial charge is 0.443 e. The summed E-state index contributed by atoms with van der Waals surface area (Å²) < 4.78 is 5.53. The number of amides is 1. The Morgan fingerprint density at radius 2 is 1.83 bits per heavy atom. The topological polar surface area (TPSA) is 65.7 Å². The van der Waals surface area contributed by atoms with E-state index in [9.17, 15) is 9.90 Å². The number of carbonyl (C=O) groups is 1. The van der Waals surface area contributed by atoms with E-state index in [0.717, 1.165) is 13.1 Å². The van der Waals surface area contributed by atoms with Gasteiger partial charge in [0, 0.05) is 6.54 Å². The first-order chi connectivity index (χ1) is 13.9. The second-order valence-corrected chi connectivity index (χ2v) is 8.06. The Labute approximate surface area is 173 Å². The highest BCUT2D eigenvalue weighted by atomic mass is 16.3. The number of hydrogen-bond acceptors (Lipinski definition) is 4. The number of rotatable bonds is 5. The fourth-order valence-corrected chi connectivity index (χ4v) is 3.56. The highest BCUT2D eigenvalue weighted by Gasteiger charge is 2.23. The molecule has 0 aliphatic carbocycles. The van der Waals surface area contributed by atoms with Crippen LogP contribution in [0.4, 0.5) is 0 Å². The minimum atomic E-state index is -1.11. The Hall–Kier alpha value is -2.55. The van der Waals surface area contributed by atoms with Gasteiger partial charge in [-0.1, -0.05) is 49.1 Å². The van der Waals surface area contributed by atoms with Crippen molar-refractivity contribution >= 4 is 5.91 Å². The standard InChI is InChI=1S/C24H30N2O3/c1-24(2,28)15-14-20-12-13-22(29-20)23(27)25-18-21(19-10-6-5-7-11-19)26-16-8-3-4-9-17-26/h5-7,10-13,21,28H,3-4,8-9,16-18H2,1-2H3,(H,25,27). The van der Waals surface area contributed by atoms with Crippen molar-refractivity contribution < 1.29 is 14.3 Å². The minimum absolute atomic E-state index is 0.141. The first kappa shape index (κ1) is 21.2. The van der Waals surface area contributed by atoms with E-state index in [-0.39, 0.29) is 17.7 Å². The predicted molar refractivity (Wildman–Crippen MR) is 113 cm³/mol. The molecule has 1 fully saturated rings. The number of carbonyl (C=O) groups excluding carboxylic acids is 1. The van der Waals surface area contributed by atoms with Gasteiger partial charge >= 0.3 is 0 Å². The van der Waals surface area contributed by atoms with E-state index in [0.29, 0.717) is 12.3 Å². The molecular formula is C24H30N2O3. The SMILES string of the molecule is CC(C)(O)C#Cc1ccc(C(=O)NCC(c2ccccc2)N2CCCCCC2)o1. The summed E-state index contributed by atoms with van der Waals surface area (Å²) >= 11 is 0. The minimum Gasteiger partial charge on any atom is -0.443 e. The molecule has 2 heterocycles. The lowest BCUT2D eigenvalue weighted by atomic mass is 10.0. The second-order valence-electron chi connectivity index (χ2n) is 8.06. The fourth-order valence-electron chi connectivity index (χ4n) is 3.56. The summed E-state index contributed by atoms with van der Waals surface area (Å²) in [5.74, 6) is 5.78. The summed E-state index contributed by atoms with van der Waals surface area (Å²) in [6, 6.07) is 13.8. The zero-order valence-corrected chi connectivity index (χ0v) is 17.3. The summed E-state index contributed by atoms with van der Waals surface area (Å²) in [5.41, 5.74) is 0.108. The Morgan fingerprint density at radius 3 is 2.48 bits per heavy atom. The van der Waals surface area contributed by atoms with Crippen LogP contribution in [0.25, 0.3) is 0 Å². The Morgan fingerprint density at radius 1 is 1.14 bits per heavy atom. The smallest absolute Gasteiger partial charge is 0.287 e. The number of benzene rings is 1. The molecule has 1 aromatic carbocycles. The number of aliphatic hydroxyl groups is 1. The molecule has 1 unspecified atom stereocenters. The van der Waals surface area contributed by atoms with Gasteiger partial charge in [-0.3, -0.25) is 9.69 Å². The van der Waals surface area contributed by atoms with E-state index in [2.05, 4.69) is 34.2 Å². The van der Waals surface area contributed by atoms with E-state index in [1.807, 2.05) is 18.2 Å². The highest BCUT2D eigenvalue weighted by molar-refractivity contribution is 5.91. The molecule has 29 heavy (non-hydrogen) atoms. The van der Waals surface area contributed by atoms with Crippen LogP contribution < -0.4 is 5.32 Å². The van der Waals surface area contributed by atoms with E-state index in [1.54, 1.807) is 26.0 Å². The molecule has 2 N–H and O–H groups in total. The third-order valence-electron chi connectivity index (χ3n) is 5.04. The summed E-state index contributed by atoms with van der Waals surface area (Å²) in [6.07, 6.45) is 4.92. The lowest BCUT2D eigenvalue weighted by Gasteiger charge is -2.31. The van der Waals surface area contributed by atoms with Gasteiger partial charge in [-0.25, -0.2) is 0 Å². The van der Waals surface area contributed by atoms with Gasteiger partial charge in [0.15, 0.2) is 11.5 Å². The Balaban J connectivity index is 1.68. The molecule has 1 saturated heterocycles. The van der Waals surface area contributed by atoms with E-state index in [4.69, 9.17) is 4.42 Å². The van der Waals surface area contributed by atoms with Gasteiger partial charge in [-0.15, -0.1) is 0 Å². The van der Waals surface area contributed by atoms with Crippen LogP contribution in [-0.2, 0) is 0 Å². The van der Waals surface area contributed by atoms with Gasteiger partial charge in [0.1, 0.15) is 5.60 Å². The van der Waals surface area contributed by atoms with Crippen molar-refractivity contribution in [3.05, 3.63) is 59.5 Å². The molecule has 5 nitrogen and oxygen atoms in total. The van der Waals surface area contributed by atoms with Crippen LogP contribution >= 0.6 is 0 Å². The zero-order valence-electron chi connectivity index (χ0n) is 17.3. The van der Waals surface area contributed by atoms with Crippen molar-refractivity contribution in [1.82, 2.24) is 10.2 Å². The van der Waals surface area contributed by atoms with E-state index < -0.39 is 5.60 Å². The predicted octanol–water partition coefficient (Wildman–Crippen LogP) is 3.75. The second kappa shape index (κ2) is 9.78. The van der Waals surface area contributed by atoms with Crippen LogP contribution in [0.5, 0.6) is 0 Å². The summed E-state index contributed by atoms with van der Waals surface area (Å²) in [5, 5.41) is 12.7. The first-order valence-corrected chi connectivity index (χ1v) is 10.3. The van der Waals surface area contributed by atoms with Gasteiger partial charge in [0.05, 0.1) is 6.04 Å². The molecule has 3 rings (SSSR count). The molecule has 1 amide bonds. The van der Waals surface area contributed by atoms with Crippen molar-refractivity contribution in [2.45, 2.75) is 51.2 Å². The lowest BCUT2D eigenvalue weighted by Crippen LogP contribution is -2.38. The lowest BCUT2D eigenvalue weighted by molar-refractivity contribution is 0.0905. The Bertz CT molecular complexity index is 847. The van der Waals surface area contributed by atoms with Gasteiger partial charge < -0.3 is 14.8 Å². The van der Waals surface area contributed by atoms with Crippen molar-refractivity contribution in [2.24, 2.45) is 0 Å². The molecule has 1 aliphatic heterocycles.